The average molecular weight is 293 g/mol. The van der Waals surface area contributed by atoms with E-state index in [9.17, 15) is 4.79 Å². The molecule has 0 aliphatic heterocycles. The van der Waals surface area contributed by atoms with Crippen molar-refractivity contribution < 1.29 is 4.74 Å². The lowest BCUT2D eigenvalue weighted by Crippen LogP contribution is -2.60. The normalized spacial score (nSPS) is 24.8. The van der Waals surface area contributed by atoms with Crippen LogP contribution in [0.15, 0.2) is 16.2 Å². The molecule has 2 atom stereocenters. The van der Waals surface area contributed by atoms with E-state index < -0.39 is 0 Å². The van der Waals surface area contributed by atoms with Crippen LogP contribution in [0.4, 0.5) is 0 Å². The summed E-state index contributed by atoms with van der Waals surface area (Å²) in [7, 11) is 1.76. The highest BCUT2D eigenvalue weighted by atomic mass is 32.1. The van der Waals surface area contributed by atoms with Gasteiger partial charge in [0.2, 0.25) is 0 Å². The zero-order valence-corrected chi connectivity index (χ0v) is 12.7. The first-order valence-corrected chi connectivity index (χ1v) is 7.63. The van der Waals surface area contributed by atoms with Gasteiger partial charge in [-0.05, 0) is 17.9 Å². The molecule has 0 amide bonds. The quantitative estimate of drug-likeness (QED) is 0.903. The van der Waals surface area contributed by atoms with Gasteiger partial charge in [-0.25, -0.2) is 4.98 Å². The summed E-state index contributed by atoms with van der Waals surface area (Å²) in [6.45, 7) is 4.96. The van der Waals surface area contributed by atoms with Crippen LogP contribution < -0.4 is 10.9 Å². The summed E-state index contributed by atoms with van der Waals surface area (Å²) < 4.78 is 6.13. The lowest BCUT2D eigenvalue weighted by atomic mass is 9.64. The van der Waals surface area contributed by atoms with Gasteiger partial charge in [-0.15, -0.1) is 11.3 Å². The van der Waals surface area contributed by atoms with Crippen LogP contribution in [0.1, 0.15) is 26.1 Å². The Bertz CT molecular complexity index is 676. The van der Waals surface area contributed by atoms with Gasteiger partial charge < -0.3 is 15.0 Å². The maximum absolute atomic E-state index is 11.9. The molecule has 20 heavy (non-hydrogen) atoms. The van der Waals surface area contributed by atoms with Gasteiger partial charge >= 0.3 is 0 Å². The Labute approximate surface area is 121 Å². The third-order valence-corrected chi connectivity index (χ3v) is 5.24. The van der Waals surface area contributed by atoms with Gasteiger partial charge in [-0.2, -0.15) is 0 Å². The maximum atomic E-state index is 11.9. The van der Waals surface area contributed by atoms with Crippen LogP contribution in [-0.4, -0.2) is 29.2 Å². The van der Waals surface area contributed by atoms with Crippen molar-refractivity contribution in [2.75, 3.05) is 7.11 Å². The van der Waals surface area contributed by atoms with E-state index in [4.69, 9.17) is 4.74 Å². The molecule has 0 saturated heterocycles. The van der Waals surface area contributed by atoms with Gasteiger partial charge in [0.25, 0.3) is 5.56 Å². The van der Waals surface area contributed by atoms with Crippen molar-refractivity contribution in [2.45, 2.75) is 39.0 Å². The minimum atomic E-state index is -0.0514. The Morgan fingerprint density at radius 3 is 3.10 bits per heavy atom. The molecule has 1 saturated carbocycles. The number of methoxy groups -OCH3 is 1. The molecule has 108 valence electrons. The van der Waals surface area contributed by atoms with E-state index in [0.29, 0.717) is 29.2 Å². The number of aromatic amines is 1. The van der Waals surface area contributed by atoms with Gasteiger partial charge in [-0.3, -0.25) is 4.79 Å². The van der Waals surface area contributed by atoms with E-state index in [1.165, 1.54) is 11.3 Å². The predicted octanol–water partition coefficient (Wildman–Crippen LogP) is 1.89. The maximum Gasteiger partial charge on any atom is 0.268 e. The molecule has 1 aliphatic carbocycles. The fourth-order valence-corrected chi connectivity index (χ4v) is 3.58. The molecule has 2 heterocycles. The molecule has 6 heteroatoms. The number of H-pyrrole nitrogens is 1. The molecular formula is C14H19N3O2S. The van der Waals surface area contributed by atoms with Gasteiger partial charge in [0.15, 0.2) is 0 Å². The van der Waals surface area contributed by atoms with Gasteiger partial charge in [0, 0.05) is 18.6 Å². The number of aromatic nitrogens is 2. The number of ether oxygens (including phenoxy) is 1. The largest absolute Gasteiger partial charge is 0.381 e. The third-order valence-electron chi connectivity index (χ3n) is 4.34. The Morgan fingerprint density at radius 1 is 1.60 bits per heavy atom. The predicted molar refractivity (Wildman–Crippen MR) is 80.1 cm³/mol. The number of hydrogen-bond donors (Lipinski definition) is 2. The zero-order valence-electron chi connectivity index (χ0n) is 11.9. The SMILES string of the molecule is COC1CC(NCc2nc3ccsc3c(=O)[nH]2)C1(C)C. The third kappa shape index (κ3) is 2.17. The molecule has 2 aromatic heterocycles. The monoisotopic (exact) mass is 293 g/mol. The van der Waals surface area contributed by atoms with E-state index in [1.807, 2.05) is 11.4 Å². The van der Waals surface area contributed by atoms with Gasteiger partial charge in [0.1, 0.15) is 10.5 Å². The number of nitrogens with zero attached hydrogens (tertiary/aromatic N) is 1. The van der Waals surface area contributed by atoms with E-state index >= 15 is 0 Å². The minimum absolute atomic E-state index is 0.0514. The van der Waals surface area contributed by atoms with Crippen LogP contribution in [0.25, 0.3) is 10.2 Å². The van der Waals surface area contributed by atoms with Crippen molar-refractivity contribution in [3.05, 3.63) is 27.6 Å². The molecular weight excluding hydrogens is 274 g/mol. The Balaban J connectivity index is 1.70. The Morgan fingerprint density at radius 2 is 2.40 bits per heavy atom. The lowest BCUT2D eigenvalue weighted by molar-refractivity contribution is -0.0980. The molecule has 0 radical (unpaired) electrons. The van der Waals surface area contributed by atoms with Crippen LogP contribution in [0.2, 0.25) is 0 Å². The molecule has 0 aromatic carbocycles. The van der Waals surface area contributed by atoms with Crippen LogP contribution in [0, 0.1) is 5.41 Å². The second kappa shape index (κ2) is 4.95. The van der Waals surface area contributed by atoms with Crippen molar-refractivity contribution >= 4 is 21.6 Å². The summed E-state index contributed by atoms with van der Waals surface area (Å²) in [5.41, 5.74) is 0.837. The zero-order chi connectivity index (χ0) is 14.3. The van der Waals surface area contributed by atoms with E-state index in [2.05, 4.69) is 29.1 Å². The molecule has 3 rings (SSSR count). The van der Waals surface area contributed by atoms with Gasteiger partial charge in [-0.1, -0.05) is 13.8 Å². The second-order valence-electron chi connectivity index (χ2n) is 5.86. The van der Waals surface area contributed by atoms with Crippen molar-refractivity contribution in [1.82, 2.24) is 15.3 Å². The van der Waals surface area contributed by atoms with Crippen molar-refractivity contribution in [3.8, 4) is 0 Å². The summed E-state index contributed by atoms with van der Waals surface area (Å²) >= 11 is 1.42. The smallest absolute Gasteiger partial charge is 0.268 e. The molecule has 2 unspecified atom stereocenters. The van der Waals surface area contributed by atoms with Crippen LogP contribution in [-0.2, 0) is 11.3 Å². The average Bonchev–Trinajstić information content (AvgIpc) is 2.86. The Hall–Kier alpha value is -1.24. The van der Waals surface area contributed by atoms with E-state index in [1.54, 1.807) is 7.11 Å². The topological polar surface area (TPSA) is 67.0 Å². The summed E-state index contributed by atoms with van der Waals surface area (Å²) in [5.74, 6) is 0.692. The first kappa shape index (κ1) is 13.7. The number of nitrogens with one attached hydrogen (secondary N) is 2. The fourth-order valence-electron chi connectivity index (χ4n) is 2.86. The van der Waals surface area contributed by atoms with Crippen molar-refractivity contribution in [1.29, 1.82) is 0 Å². The Kier molecular flexibility index (Phi) is 3.40. The van der Waals surface area contributed by atoms with E-state index in [0.717, 1.165) is 11.9 Å². The highest BCUT2D eigenvalue weighted by Gasteiger charge is 2.48. The lowest BCUT2D eigenvalue weighted by Gasteiger charge is -2.51. The molecule has 1 aliphatic rings. The molecule has 5 nitrogen and oxygen atoms in total. The fraction of sp³-hybridized carbons (Fsp3) is 0.571. The number of fused-ring (bicyclic) bond motifs is 1. The van der Waals surface area contributed by atoms with Crippen LogP contribution in [0.3, 0.4) is 0 Å². The molecule has 2 N–H and O–H groups in total. The molecule has 1 fully saturated rings. The van der Waals surface area contributed by atoms with Gasteiger partial charge in [0.05, 0.1) is 18.2 Å². The van der Waals surface area contributed by atoms with Crippen molar-refractivity contribution in [3.63, 3.8) is 0 Å². The number of thiophene rings is 1. The first-order chi connectivity index (χ1) is 9.52. The highest BCUT2D eigenvalue weighted by Crippen LogP contribution is 2.42. The van der Waals surface area contributed by atoms with Crippen LogP contribution >= 0.6 is 11.3 Å². The van der Waals surface area contributed by atoms with E-state index in [-0.39, 0.29) is 11.0 Å². The molecule has 0 bridgehead atoms. The second-order valence-corrected chi connectivity index (χ2v) is 6.78. The summed E-state index contributed by atoms with van der Waals surface area (Å²) in [6, 6.07) is 2.27. The van der Waals surface area contributed by atoms with Crippen molar-refractivity contribution in [2.24, 2.45) is 5.41 Å². The summed E-state index contributed by atoms with van der Waals surface area (Å²) in [6.07, 6.45) is 1.29. The molecule has 2 aromatic rings. The minimum Gasteiger partial charge on any atom is -0.381 e. The number of hydrogen-bond acceptors (Lipinski definition) is 5. The first-order valence-electron chi connectivity index (χ1n) is 6.75. The summed E-state index contributed by atoms with van der Waals surface area (Å²) in [5, 5.41) is 5.36. The molecule has 0 spiro atoms. The summed E-state index contributed by atoms with van der Waals surface area (Å²) in [4.78, 5) is 19.2. The van der Waals surface area contributed by atoms with Crippen LogP contribution in [0.5, 0.6) is 0 Å². The standard InChI is InChI=1S/C14H19N3O2S/c1-14(2)9(6-10(14)19-3)15-7-11-16-8-4-5-20-12(8)13(18)17-11/h4-5,9-10,15H,6-7H2,1-3H3,(H,16,17,18). The number of rotatable bonds is 4. The highest BCUT2D eigenvalue weighted by molar-refractivity contribution is 7.17.